The fourth-order valence-corrected chi connectivity index (χ4v) is 1.18. The Morgan fingerprint density at radius 2 is 1.52 bits per heavy atom. The molecular weight excluding hydrogens is 314 g/mol. The predicted octanol–water partition coefficient (Wildman–Crippen LogP) is 1.04. The Hall–Kier alpha value is -1.29. The van der Waals surface area contributed by atoms with E-state index in [0.717, 1.165) is 0 Å². The van der Waals surface area contributed by atoms with Crippen molar-refractivity contribution in [3.05, 3.63) is 0 Å². The number of hydrogen-bond donors (Lipinski definition) is 0. The van der Waals surface area contributed by atoms with E-state index in [1.54, 1.807) is 20.8 Å². The highest BCUT2D eigenvalue weighted by Gasteiger charge is 2.48. The summed E-state index contributed by atoms with van der Waals surface area (Å²) in [7, 11) is -6.12. The number of esters is 2. The number of carbonyl (C=O) groups is 2. The van der Waals surface area contributed by atoms with Gasteiger partial charge in [-0.25, -0.2) is 13.2 Å². The van der Waals surface area contributed by atoms with Crippen LogP contribution in [0.4, 0.5) is 8.78 Å². The summed E-state index contributed by atoms with van der Waals surface area (Å²) < 4.78 is 64.6. The van der Waals surface area contributed by atoms with Crippen molar-refractivity contribution in [2.24, 2.45) is 5.41 Å². The Morgan fingerprint density at radius 1 is 1.10 bits per heavy atom. The number of ether oxygens (including phenoxy) is 2. The third-order valence-electron chi connectivity index (χ3n) is 2.74. The van der Waals surface area contributed by atoms with Crippen LogP contribution in [0.1, 0.15) is 33.6 Å². The van der Waals surface area contributed by atoms with Crippen LogP contribution in [0.2, 0.25) is 0 Å². The van der Waals surface area contributed by atoms with Crippen molar-refractivity contribution >= 4 is 22.1 Å². The van der Waals surface area contributed by atoms with E-state index in [1.807, 2.05) is 0 Å². The number of alkyl halides is 2. The molecule has 10 heteroatoms. The van der Waals surface area contributed by atoms with Gasteiger partial charge >= 0.3 is 17.2 Å². The zero-order chi connectivity index (χ0) is 16.9. The average molecular weight is 331 g/mol. The van der Waals surface area contributed by atoms with Crippen molar-refractivity contribution in [1.29, 1.82) is 0 Å². The number of hydrogen-bond acceptors (Lipinski definition) is 7. The minimum absolute atomic E-state index is 0.105. The molecule has 0 aliphatic heterocycles. The molecule has 0 fully saturated rings. The minimum Gasteiger partial charge on any atom is -0.743 e. The maximum absolute atomic E-state index is 12.7. The second-order valence-corrected chi connectivity index (χ2v) is 6.25. The van der Waals surface area contributed by atoms with Gasteiger partial charge in [-0.15, -0.1) is 0 Å². The SMILES string of the molecule is CCC(C)(C)C(=O)OCCCOC(=O)C(F)(F)S(=O)(=O)[O-]. The molecule has 0 saturated heterocycles. The molecule has 0 radical (unpaired) electrons. The van der Waals surface area contributed by atoms with Crippen LogP contribution >= 0.6 is 0 Å². The standard InChI is InChI=1S/C11H18F2O7S/c1-4-10(2,3)8(14)19-6-5-7-20-9(15)11(12,13)21(16,17)18/h4-7H2,1-3H3,(H,16,17,18)/p-1. The monoisotopic (exact) mass is 331 g/mol. The molecule has 0 amide bonds. The van der Waals surface area contributed by atoms with E-state index in [9.17, 15) is 31.3 Å². The van der Waals surface area contributed by atoms with Gasteiger partial charge in [0.15, 0.2) is 10.1 Å². The van der Waals surface area contributed by atoms with Crippen LogP contribution in [0.3, 0.4) is 0 Å². The lowest BCUT2D eigenvalue weighted by Crippen LogP contribution is -2.39. The third kappa shape index (κ3) is 5.54. The summed E-state index contributed by atoms with van der Waals surface area (Å²) in [6, 6.07) is 0. The van der Waals surface area contributed by atoms with Crippen molar-refractivity contribution in [3.63, 3.8) is 0 Å². The molecule has 124 valence electrons. The van der Waals surface area contributed by atoms with Crippen LogP contribution in [0.25, 0.3) is 0 Å². The third-order valence-corrected chi connectivity index (χ3v) is 3.54. The summed E-state index contributed by atoms with van der Waals surface area (Å²) in [6.45, 7) is 4.31. The molecule has 0 heterocycles. The normalized spacial score (nSPS) is 12.9. The van der Waals surface area contributed by atoms with E-state index < -0.39 is 39.3 Å². The van der Waals surface area contributed by atoms with Crippen molar-refractivity contribution in [3.8, 4) is 0 Å². The highest BCUT2D eigenvalue weighted by molar-refractivity contribution is 7.87. The smallest absolute Gasteiger partial charge is 0.428 e. The van der Waals surface area contributed by atoms with Crippen LogP contribution in [0, 0.1) is 5.41 Å². The van der Waals surface area contributed by atoms with Gasteiger partial charge in [-0.3, -0.25) is 4.79 Å². The maximum atomic E-state index is 12.7. The summed E-state index contributed by atoms with van der Waals surface area (Å²) in [6.07, 6.45) is 0.431. The molecule has 0 spiro atoms. The first-order valence-corrected chi connectivity index (χ1v) is 7.44. The number of carbonyl (C=O) groups excluding carboxylic acids is 2. The van der Waals surface area contributed by atoms with Gasteiger partial charge in [0.1, 0.15) is 0 Å². The fraction of sp³-hybridized carbons (Fsp3) is 0.818. The van der Waals surface area contributed by atoms with Crippen molar-refractivity contribution in [2.75, 3.05) is 13.2 Å². The molecule has 0 atom stereocenters. The lowest BCUT2D eigenvalue weighted by Gasteiger charge is -2.20. The largest absolute Gasteiger partial charge is 0.743 e. The molecule has 21 heavy (non-hydrogen) atoms. The van der Waals surface area contributed by atoms with Crippen molar-refractivity contribution < 1.29 is 40.8 Å². The second-order valence-electron chi connectivity index (χ2n) is 4.83. The predicted molar refractivity (Wildman–Crippen MR) is 65.3 cm³/mol. The summed E-state index contributed by atoms with van der Waals surface area (Å²) in [5, 5.41) is -5.13. The Morgan fingerprint density at radius 3 is 1.90 bits per heavy atom. The van der Waals surface area contributed by atoms with Gasteiger partial charge in [-0.2, -0.15) is 8.78 Å². The zero-order valence-electron chi connectivity index (χ0n) is 11.9. The Balaban J connectivity index is 4.14. The molecule has 0 aromatic heterocycles. The van der Waals surface area contributed by atoms with Crippen LogP contribution in [0.15, 0.2) is 0 Å². The van der Waals surface area contributed by atoms with Crippen LogP contribution in [-0.4, -0.2) is 43.4 Å². The molecule has 0 aliphatic carbocycles. The van der Waals surface area contributed by atoms with Gasteiger partial charge in [0, 0.05) is 6.42 Å². The van der Waals surface area contributed by atoms with Gasteiger partial charge in [0.25, 0.3) is 0 Å². The topological polar surface area (TPSA) is 110 Å². The van der Waals surface area contributed by atoms with E-state index in [0.29, 0.717) is 6.42 Å². The van der Waals surface area contributed by atoms with Crippen molar-refractivity contribution in [1.82, 2.24) is 0 Å². The molecule has 0 unspecified atom stereocenters. The van der Waals surface area contributed by atoms with E-state index >= 15 is 0 Å². The van der Waals surface area contributed by atoms with Crippen molar-refractivity contribution in [2.45, 2.75) is 38.9 Å². The van der Waals surface area contributed by atoms with Crippen LogP contribution in [0.5, 0.6) is 0 Å². The Bertz CT molecular complexity index is 485. The highest BCUT2D eigenvalue weighted by atomic mass is 32.2. The fourth-order valence-electron chi connectivity index (χ4n) is 0.914. The molecule has 0 saturated carbocycles. The van der Waals surface area contributed by atoms with Gasteiger partial charge in [0.05, 0.1) is 18.6 Å². The van der Waals surface area contributed by atoms with Gasteiger partial charge in [-0.1, -0.05) is 6.92 Å². The Labute approximate surface area is 121 Å². The van der Waals surface area contributed by atoms with E-state index in [1.165, 1.54) is 0 Å². The minimum atomic E-state index is -6.12. The van der Waals surface area contributed by atoms with E-state index in [2.05, 4.69) is 4.74 Å². The highest BCUT2D eigenvalue weighted by Crippen LogP contribution is 2.22. The maximum Gasteiger partial charge on any atom is 0.428 e. The lowest BCUT2D eigenvalue weighted by atomic mass is 9.91. The zero-order valence-corrected chi connectivity index (χ0v) is 12.7. The molecule has 0 aromatic carbocycles. The van der Waals surface area contributed by atoms with E-state index in [4.69, 9.17) is 4.74 Å². The first-order chi connectivity index (χ1) is 9.36. The van der Waals surface area contributed by atoms with Gasteiger partial charge in [-0.05, 0) is 20.3 Å². The second kappa shape index (κ2) is 7.12. The van der Waals surface area contributed by atoms with Gasteiger partial charge < -0.3 is 14.0 Å². The molecular formula is C11H17F2O7S-. The average Bonchev–Trinajstić information content (AvgIpc) is 2.36. The molecule has 0 N–H and O–H groups in total. The summed E-state index contributed by atoms with van der Waals surface area (Å²) in [4.78, 5) is 22.3. The summed E-state index contributed by atoms with van der Waals surface area (Å²) >= 11 is 0. The molecule has 7 nitrogen and oxygen atoms in total. The number of halogens is 2. The number of rotatable bonds is 8. The van der Waals surface area contributed by atoms with Gasteiger partial charge in [0.2, 0.25) is 0 Å². The van der Waals surface area contributed by atoms with E-state index in [-0.39, 0.29) is 13.0 Å². The van der Waals surface area contributed by atoms with Crippen LogP contribution in [-0.2, 0) is 29.2 Å². The molecule has 0 bridgehead atoms. The lowest BCUT2D eigenvalue weighted by molar-refractivity contribution is -0.162. The summed E-state index contributed by atoms with van der Waals surface area (Å²) in [5.41, 5.74) is -0.694. The van der Waals surface area contributed by atoms with Crippen LogP contribution < -0.4 is 0 Å². The first-order valence-electron chi connectivity index (χ1n) is 6.04. The molecule has 0 aliphatic rings. The Kier molecular flexibility index (Phi) is 6.68. The summed E-state index contributed by atoms with van der Waals surface area (Å²) in [5.74, 6) is -2.94. The molecule has 0 rings (SSSR count). The first kappa shape index (κ1) is 19.7. The molecule has 0 aromatic rings. The quantitative estimate of drug-likeness (QED) is 0.371.